The average Bonchev–Trinajstić information content (AvgIpc) is 3.11. The molecule has 2 N–H and O–H groups in total. The van der Waals surface area contributed by atoms with E-state index >= 15 is 0 Å². The molecule has 1 aromatic heterocycles. The van der Waals surface area contributed by atoms with Crippen LogP contribution in [0.2, 0.25) is 5.02 Å². The highest BCUT2D eigenvalue weighted by Crippen LogP contribution is 2.39. The van der Waals surface area contributed by atoms with Crippen molar-refractivity contribution in [1.82, 2.24) is 15.2 Å². The highest BCUT2D eigenvalue weighted by molar-refractivity contribution is 7.69. The van der Waals surface area contributed by atoms with Crippen LogP contribution in [0.3, 0.4) is 0 Å². The summed E-state index contributed by atoms with van der Waals surface area (Å²) in [4.78, 5) is 18.8. The average molecular weight is 460 g/mol. The molecular formula is C23H27ClN3O3P. The number of rotatable bonds is 6. The molecule has 0 bridgehead atoms. The number of aryl methyl sites for hydroxylation is 2. The van der Waals surface area contributed by atoms with Gasteiger partial charge in [-0.2, -0.15) is 0 Å². The number of ether oxygens (including phenoxy) is 1. The molecule has 0 aliphatic carbocycles. The summed E-state index contributed by atoms with van der Waals surface area (Å²) in [5, 5.41) is 6.53. The van der Waals surface area contributed by atoms with Crippen molar-refractivity contribution >= 4 is 47.2 Å². The third-order valence-corrected chi connectivity index (χ3v) is 7.55. The molecule has 1 fully saturated rings. The van der Waals surface area contributed by atoms with Crippen molar-refractivity contribution < 1.29 is 14.1 Å². The number of benzene rings is 2. The van der Waals surface area contributed by atoms with Crippen LogP contribution in [-0.2, 0) is 9.26 Å². The number of carbonyl (C=O) groups excluding carboxylic acids is 1. The first-order valence-electron chi connectivity index (χ1n) is 10.3. The number of aromatic amines is 1. The molecule has 1 saturated heterocycles. The standard InChI is InChI=1S/C23H27ClN3O3P/c1-15-10-16(2)12-18(11-15)31(29-3)22-19-13-17(24)4-5-20(19)26-21(22)23(28)25-14-27-6-8-30-9-7-27/h4-5,10-13,26H,6-9,14H2,1-3H3,(H,25,28). The summed E-state index contributed by atoms with van der Waals surface area (Å²) in [5.74, 6) is -0.150. The normalized spacial score (nSPS) is 15.9. The molecule has 164 valence electrons. The van der Waals surface area contributed by atoms with Gasteiger partial charge in [0.15, 0.2) is 0 Å². The number of morpholine rings is 1. The van der Waals surface area contributed by atoms with Crippen LogP contribution in [0, 0.1) is 13.8 Å². The predicted octanol–water partition coefficient (Wildman–Crippen LogP) is 3.45. The molecule has 1 aliphatic heterocycles. The number of amides is 1. The van der Waals surface area contributed by atoms with Crippen molar-refractivity contribution in [3.63, 3.8) is 0 Å². The number of nitrogens with one attached hydrogen (secondary N) is 2. The van der Waals surface area contributed by atoms with E-state index in [1.54, 1.807) is 7.11 Å². The molecule has 1 amide bonds. The molecule has 2 aromatic carbocycles. The highest BCUT2D eigenvalue weighted by atomic mass is 35.5. The Morgan fingerprint density at radius 1 is 1.19 bits per heavy atom. The van der Waals surface area contributed by atoms with E-state index in [4.69, 9.17) is 20.9 Å². The number of fused-ring (bicyclic) bond motifs is 1. The summed E-state index contributed by atoms with van der Waals surface area (Å²) in [5.41, 5.74) is 3.72. The van der Waals surface area contributed by atoms with Crippen molar-refractivity contribution in [3.8, 4) is 0 Å². The number of H-pyrrole nitrogens is 1. The Labute approximate surface area is 188 Å². The molecule has 0 radical (unpaired) electrons. The van der Waals surface area contributed by atoms with Crippen LogP contribution in [0.5, 0.6) is 0 Å². The zero-order valence-electron chi connectivity index (χ0n) is 18.0. The van der Waals surface area contributed by atoms with Crippen LogP contribution in [0.1, 0.15) is 21.6 Å². The monoisotopic (exact) mass is 459 g/mol. The topological polar surface area (TPSA) is 66.6 Å². The second-order valence-electron chi connectivity index (χ2n) is 7.76. The number of halogens is 1. The van der Waals surface area contributed by atoms with E-state index in [0.29, 0.717) is 30.6 Å². The van der Waals surface area contributed by atoms with E-state index in [0.717, 1.165) is 45.7 Å². The molecule has 4 rings (SSSR count). The lowest BCUT2D eigenvalue weighted by Gasteiger charge is -2.26. The van der Waals surface area contributed by atoms with E-state index in [1.165, 1.54) is 0 Å². The molecule has 1 unspecified atom stereocenters. The van der Waals surface area contributed by atoms with Gasteiger partial charge in [0.1, 0.15) is 5.69 Å². The zero-order valence-corrected chi connectivity index (χ0v) is 19.6. The van der Waals surface area contributed by atoms with Crippen LogP contribution >= 0.6 is 19.7 Å². The predicted molar refractivity (Wildman–Crippen MR) is 127 cm³/mol. The first kappa shape index (κ1) is 22.3. The molecule has 1 atom stereocenters. The maximum atomic E-state index is 13.3. The fraction of sp³-hybridized carbons (Fsp3) is 0.348. The lowest BCUT2D eigenvalue weighted by atomic mass is 10.2. The summed E-state index contributed by atoms with van der Waals surface area (Å²) < 4.78 is 11.4. The summed E-state index contributed by atoms with van der Waals surface area (Å²) in [7, 11) is 0.478. The van der Waals surface area contributed by atoms with Gasteiger partial charge in [-0.3, -0.25) is 9.69 Å². The van der Waals surface area contributed by atoms with Crippen LogP contribution in [0.4, 0.5) is 0 Å². The highest BCUT2D eigenvalue weighted by Gasteiger charge is 2.27. The van der Waals surface area contributed by atoms with E-state index in [2.05, 4.69) is 47.2 Å². The lowest BCUT2D eigenvalue weighted by Crippen LogP contribution is -2.44. The van der Waals surface area contributed by atoms with Crippen molar-refractivity contribution in [1.29, 1.82) is 0 Å². The quantitative estimate of drug-likeness (QED) is 0.554. The van der Waals surface area contributed by atoms with Gasteiger partial charge in [-0.05, 0) is 44.2 Å². The van der Waals surface area contributed by atoms with Gasteiger partial charge in [0.2, 0.25) is 0 Å². The summed E-state index contributed by atoms with van der Waals surface area (Å²) >= 11 is 6.32. The van der Waals surface area contributed by atoms with Gasteiger partial charge in [-0.25, -0.2) is 0 Å². The van der Waals surface area contributed by atoms with Crippen LogP contribution in [0.25, 0.3) is 10.9 Å². The Hall–Kier alpha value is -1.95. The van der Waals surface area contributed by atoms with E-state index in [-0.39, 0.29) is 5.91 Å². The number of hydrogen-bond donors (Lipinski definition) is 2. The van der Waals surface area contributed by atoms with E-state index in [1.807, 2.05) is 18.2 Å². The molecule has 0 saturated carbocycles. The van der Waals surface area contributed by atoms with E-state index < -0.39 is 8.15 Å². The number of aromatic nitrogens is 1. The first-order valence-corrected chi connectivity index (χ1v) is 11.9. The molecule has 0 spiro atoms. The van der Waals surface area contributed by atoms with E-state index in [9.17, 15) is 4.79 Å². The van der Waals surface area contributed by atoms with Gasteiger partial charge >= 0.3 is 0 Å². The van der Waals surface area contributed by atoms with Gasteiger partial charge in [-0.15, -0.1) is 0 Å². The maximum absolute atomic E-state index is 13.3. The minimum absolute atomic E-state index is 0.150. The Morgan fingerprint density at radius 3 is 2.58 bits per heavy atom. The minimum atomic E-state index is -1.22. The number of hydrogen-bond acceptors (Lipinski definition) is 4. The van der Waals surface area contributed by atoms with Gasteiger partial charge in [0.25, 0.3) is 5.91 Å². The molecule has 8 heteroatoms. The van der Waals surface area contributed by atoms with Gasteiger partial charge in [0, 0.05) is 46.7 Å². The van der Waals surface area contributed by atoms with Gasteiger partial charge in [-0.1, -0.05) is 28.8 Å². The van der Waals surface area contributed by atoms with Crippen LogP contribution in [0.15, 0.2) is 36.4 Å². The van der Waals surface area contributed by atoms with Crippen molar-refractivity contribution in [2.75, 3.05) is 40.1 Å². The van der Waals surface area contributed by atoms with Gasteiger partial charge < -0.3 is 19.6 Å². The number of nitrogens with zero attached hydrogens (tertiary/aromatic N) is 1. The second-order valence-corrected chi connectivity index (χ2v) is 10.1. The third-order valence-electron chi connectivity index (χ3n) is 5.35. The van der Waals surface area contributed by atoms with Gasteiger partial charge in [0.05, 0.1) is 28.0 Å². The Balaban J connectivity index is 1.74. The Morgan fingerprint density at radius 2 is 1.90 bits per heavy atom. The molecule has 31 heavy (non-hydrogen) atoms. The van der Waals surface area contributed by atoms with Crippen LogP contribution in [-0.4, -0.2) is 55.9 Å². The Kier molecular flexibility index (Phi) is 6.95. The van der Waals surface area contributed by atoms with Crippen molar-refractivity contribution in [2.24, 2.45) is 0 Å². The Bertz CT molecular complexity index is 1070. The third kappa shape index (κ3) is 4.94. The SMILES string of the molecule is COP(c1cc(C)cc(C)c1)c1c(C(=O)NCN2CCOCC2)[nH]c2ccc(Cl)cc12. The second kappa shape index (κ2) is 9.68. The lowest BCUT2D eigenvalue weighted by molar-refractivity contribution is 0.0334. The fourth-order valence-electron chi connectivity index (χ4n) is 3.95. The maximum Gasteiger partial charge on any atom is 0.269 e. The molecule has 6 nitrogen and oxygen atoms in total. The zero-order chi connectivity index (χ0) is 22.0. The smallest absolute Gasteiger partial charge is 0.269 e. The van der Waals surface area contributed by atoms with Crippen molar-refractivity contribution in [2.45, 2.75) is 13.8 Å². The number of carbonyl (C=O) groups is 1. The van der Waals surface area contributed by atoms with Crippen LogP contribution < -0.4 is 15.9 Å². The largest absolute Gasteiger partial charge is 0.379 e. The first-order chi connectivity index (χ1) is 15.0. The molecule has 1 aliphatic rings. The minimum Gasteiger partial charge on any atom is -0.379 e. The molecular weight excluding hydrogens is 433 g/mol. The summed E-state index contributed by atoms with van der Waals surface area (Å²) in [6.07, 6.45) is 0. The molecule has 2 heterocycles. The summed E-state index contributed by atoms with van der Waals surface area (Å²) in [6, 6.07) is 12.0. The van der Waals surface area contributed by atoms with Crippen molar-refractivity contribution in [3.05, 3.63) is 58.2 Å². The molecule has 3 aromatic rings. The summed E-state index contributed by atoms with van der Waals surface area (Å²) in [6.45, 7) is 7.61. The fourth-order valence-corrected chi connectivity index (χ4v) is 6.18.